The van der Waals surface area contributed by atoms with Crippen LogP contribution in [-0.4, -0.2) is 25.6 Å². The molecule has 3 aromatic carbocycles. The van der Waals surface area contributed by atoms with Gasteiger partial charge in [0.15, 0.2) is 6.29 Å². The van der Waals surface area contributed by atoms with Crippen molar-refractivity contribution in [3.05, 3.63) is 82.4 Å². The van der Waals surface area contributed by atoms with Gasteiger partial charge in [-0.3, -0.25) is 4.79 Å². The second kappa shape index (κ2) is 9.22. The molecule has 0 aliphatic rings. The van der Waals surface area contributed by atoms with Crippen LogP contribution in [0.4, 0.5) is 0 Å². The molecule has 3 rings (SSSR count). The summed E-state index contributed by atoms with van der Waals surface area (Å²) in [6.07, 6.45) is 4.73. The maximum atomic E-state index is 11.3. The van der Waals surface area contributed by atoms with Crippen molar-refractivity contribution < 1.29 is 19.4 Å². The average Bonchev–Trinajstić information content (AvgIpc) is 2.77. The van der Waals surface area contributed by atoms with Gasteiger partial charge in [-0.25, -0.2) is 0 Å². The highest BCUT2D eigenvalue weighted by Crippen LogP contribution is 2.31. The molecule has 0 saturated carbocycles. The van der Waals surface area contributed by atoms with E-state index in [0.29, 0.717) is 17.1 Å². The van der Waals surface area contributed by atoms with Crippen LogP contribution in [-0.2, 0) is 6.61 Å². The Kier molecular flexibility index (Phi) is 6.47. The third-order valence-electron chi connectivity index (χ3n) is 4.94. The van der Waals surface area contributed by atoms with E-state index < -0.39 is 0 Å². The zero-order valence-electron chi connectivity index (χ0n) is 16.8. The van der Waals surface area contributed by atoms with E-state index in [1.54, 1.807) is 0 Å². The molecule has 4 heteroatoms. The van der Waals surface area contributed by atoms with Gasteiger partial charge in [-0.05, 0) is 58.5 Å². The smallest absolute Gasteiger partial charge is 0.157 e. The Morgan fingerprint density at radius 2 is 1.62 bits per heavy atom. The summed E-state index contributed by atoms with van der Waals surface area (Å²) in [6, 6.07) is 17.7. The van der Waals surface area contributed by atoms with Crippen molar-refractivity contribution >= 4 is 18.4 Å². The first kappa shape index (κ1) is 20.4. The van der Waals surface area contributed by atoms with Crippen molar-refractivity contribution in [2.45, 2.75) is 13.5 Å². The van der Waals surface area contributed by atoms with Gasteiger partial charge in [0.05, 0.1) is 26.4 Å². The van der Waals surface area contributed by atoms with Gasteiger partial charge in [0.1, 0.15) is 11.5 Å². The molecule has 0 amide bonds. The second-order valence-electron chi connectivity index (χ2n) is 6.67. The monoisotopic (exact) mass is 388 g/mol. The fraction of sp³-hybridized carbons (Fsp3) is 0.160. The number of methoxy groups -OCH3 is 2. The lowest BCUT2D eigenvalue weighted by Crippen LogP contribution is -1.96. The largest absolute Gasteiger partial charge is 0.496 e. The van der Waals surface area contributed by atoms with Crippen LogP contribution >= 0.6 is 0 Å². The van der Waals surface area contributed by atoms with Crippen molar-refractivity contribution in [3.8, 4) is 22.6 Å². The molecule has 0 aliphatic heterocycles. The molecular formula is C25H24O4. The number of rotatable bonds is 7. The third kappa shape index (κ3) is 4.39. The average molecular weight is 388 g/mol. The molecule has 0 aromatic heterocycles. The summed E-state index contributed by atoms with van der Waals surface area (Å²) >= 11 is 0. The van der Waals surface area contributed by atoms with E-state index in [1.165, 1.54) is 14.2 Å². The number of benzene rings is 3. The Bertz CT molecular complexity index is 1030. The molecular weight excluding hydrogens is 364 g/mol. The highest BCUT2D eigenvalue weighted by atomic mass is 16.5. The van der Waals surface area contributed by atoms with Gasteiger partial charge in [-0.1, -0.05) is 48.6 Å². The standard InChI is InChI=1S/C25H24O4/c1-17-20(7-5-9-22(17)21-8-4-6-19(12-21)15-26)11-10-18-13-24(28-2)23(16-27)25(14-18)29-3/h4-14,16,26H,15H2,1-3H3/b11-10+. The van der Waals surface area contributed by atoms with Crippen LogP contribution in [0.5, 0.6) is 11.5 Å². The first-order valence-electron chi connectivity index (χ1n) is 9.30. The number of carbonyl (C=O) groups excluding carboxylic acids is 1. The number of aldehydes is 1. The van der Waals surface area contributed by atoms with Crippen LogP contribution in [0.15, 0.2) is 54.6 Å². The molecule has 0 unspecified atom stereocenters. The molecule has 3 aromatic rings. The van der Waals surface area contributed by atoms with Crippen molar-refractivity contribution in [2.24, 2.45) is 0 Å². The zero-order valence-corrected chi connectivity index (χ0v) is 16.8. The number of aliphatic hydroxyl groups excluding tert-OH is 1. The van der Waals surface area contributed by atoms with Gasteiger partial charge in [0.2, 0.25) is 0 Å². The van der Waals surface area contributed by atoms with Crippen LogP contribution in [0.3, 0.4) is 0 Å². The van der Waals surface area contributed by atoms with E-state index in [1.807, 2.05) is 54.6 Å². The molecule has 0 aliphatic carbocycles. The summed E-state index contributed by atoms with van der Waals surface area (Å²) in [5, 5.41) is 9.41. The maximum absolute atomic E-state index is 11.3. The van der Waals surface area contributed by atoms with E-state index in [-0.39, 0.29) is 6.61 Å². The van der Waals surface area contributed by atoms with Crippen LogP contribution in [0, 0.1) is 6.92 Å². The van der Waals surface area contributed by atoms with Crippen LogP contribution < -0.4 is 9.47 Å². The predicted octanol–water partition coefficient (Wildman–Crippen LogP) is 5.15. The molecule has 0 heterocycles. The van der Waals surface area contributed by atoms with Crippen molar-refractivity contribution in [1.82, 2.24) is 0 Å². The fourth-order valence-corrected chi connectivity index (χ4v) is 3.34. The lowest BCUT2D eigenvalue weighted by Gasteiger charge is -2.11. The minimum Gasteiger partial charge on any atom is -0.496 e. The van der Waals surface area contributed by atoms with Crippen LogP contribution in [0.2, 0.25) is 0 Å². The topological polar surface area (TPSA) is 55.8 Å². The molecule has 0 fully saturated rings. The predicted molar refractivity (Wildman–Crippen MR) is 116 cm³/mol. The zero-order chi connectivity index (χ0) is 20.8. The summed E-state index contributed by atoms with van der Waals surface area (Å²) in [6.45, 7) is 2.10. The molecule has 0 saturated heterocycles. The summed E-state index contributed by atoms with van der Waals surface area (Å²) in [5.41, 5.74) is 6.57. The third-order valence-corrected chi connectivity index (χ3v) is 4.94. The molecule has 148 valence electrons. The Hall–Kier alpha value is -3.37. The van der Waals surface area contributed by atoms with E-state index in [2.05, 4.69) is 19.1 Å². The number of carbonyl (C=O) groups is 1. The van der Waals surface area contributed by atoms with Gasteiger partial charge >= 0.3 is 0 Å². The summed E-state index contributed by atoms with van der Waals surface area (Å²) in [7, 11) is 3.06. The molecule has 0 spiro atoms. The lowest BCUT2D eigenvalue weighted by molar-refractivity contribution is 0.111. The van der Waals surface area contributed by atoms with Gasteiger partial charge in [0, 0.05) is 0 Å². The highest BCUT2D eigenvalue weighted by molar-refractivity contribution is 5.86. The van der Waals surface area contributed by atoms with E-state index >= 15 is 0 Å². The Labute approximate surface area is 171 Å². The van der Waals surface area contributed by atoms with Crippen molar-refractivity contribution in [3.63, 3.8) is 0 Å². The normalized spacial score (nSPS) is 10.9. The summed E-state index contributed by atoms with van der Waals surface area (Å²) < 4.78 is 10.7. The minimum atomic E-state index is 0.0208. The molecule has 0 atom stereocenters. The first-order chi connectivity index (χ1) is 14.1. The van der Waals surface area contributed by atoms with Crippen LogP contribution in [0.1, 0.15) is 32.6 Å². The molecule has 4 nitrogen and oxygen atoms in total. The summed E-state index contributed by atoms with van der Waals surface area (Å²) in [4.78, 5) is 11.3. The van der Waals surface area contributed by atoms with Gasteiger partial charge in [-0.15, -0.1) is 0 Å². The maximum Gasteiger partial charge on any atom is 0.157 e. The number of hydrogen-bond donors (Lipinski definition) is 1. The Balaban J connectivity index is 1.99. The van der Waals surface area contributed by atoms with E-state index in [0.717, 1.165) is 39.7 Å². The van der Waals surface area contributed by atoms with E-state index in [9.17, 15) is 9.90 Å². The first-order valence-corrected chi connectivity index (χ1v) is 9.30. The highest BCUT2D eigenvalue weighted by Gasteiger charge is 2.11. The lowest BCUT2D eigenvalue weighted by atomic mass is 9.95. The van der Waals surface area contributed by atoms with Gasteiger partial charge in [0.25, 0.3) is 0 Å². The SMILES string of the molecule is COc1cc(/C=C/c2cccc(-c3cccc(CO)c3)c2C)cc(OC)c1C=O. The van der Waals surface area contributed by atoms with Gasteiger partial charge in [-0.2, -0.15) is 0 Å². The Morgan fingerprint density at radius 1 is 0.931 bits per heavy atom. The van der Waals surface area contributed by atoms with Gasteiger partial charge < -0.3 is 14.6 Å². The number of hydrogen-bond acceptors (Lipinski definition) is 4. The van der Waals surface area contributed by atoms with Crippen molar-refractivity contribution in [1.29, 1.82) is 0 Å². The number of aliphatic hydroxyl groups is 1. The molecule has 0 radical (unpaired) electrons. The minimum absolute atomic E-state index is 0.0208. The molecule has 29 heavy (non-hydrogen) atoms. The van der Waals surface area contributed by atoms with Crippen LogP contribution in [0.25, 0.3) is 23.3 Å². The fourth-order valence-electron chi connectivity index (χ4n) is 3.34. The molecule has 1 N–H and O–H groups in total. The number of ether oxygens (including phenoxy) is 2. The second-order valence-corrected chi connectivity index (χ2v) is 6.67. The molecule has 0 bridgehead atoms. The van der Waals surface area contributed by atoms with Crippen molar-refractivity contribution in [2.75, 3.05) is 14.2 Å². The summed E-state index contributed by atoms with van der Waals surface area (Å²) in [5.74, 6) is 0.954. The Morgan fingerprint density at radius 3 is 2.24 bits per heavy atom. The van der Waals surface area contributed by atoms with E-state index in [4.69, 9.17) is 9.47 Å². The quantitative estimate of drug-likeness (QED) is 0.449.